The maximum atomic E-state index is 13.2. The zero-order chi connectivity index (χ0) is 21.5. The molecule has 0 fully saturated rings. The predicted molar refractivity (Wildman–Crippen MR) is 116 cm³/mol. The number of hydrogen-bond donors (Lipinski definition) is 1. The minimum Gasteiger partial charge on any atom is -0.408 e. The zero-order valence-corrected chi connectivity index (χ0v) is 17.7. The van der Waals surface area contributed by atoms with Crippen LogP contribution in [0.4, 0.5) is 0 Å². The third-order valence-corrected chi connectivity index (χ3v) is 6.17. The smallest absolute Gasteiger partial charge is 0.408 e. The van der Waals surface area contributed by atoms with E-state index in [0.29, 0.717) is 41.0 Å². The van der Waals surface area contributed by atoms with Crippen molar-refractivity contribution in [3.05, 3.63) is 97.7 Å². The van der Waals surface area contributed by atoms with Gasteiger partial charge in [0.2, 0.25) is 0 Å². The molecule has 0 saturated heterocycles. The Balaban J connectivity index is 1.53. The van der Waals surface area contributed by atoms with Gasteiger partial charge in [0.25, 0.3) is 5.91 Å². The van der Waals surface area contributed by atoms with Crippen LogP contribution in [0.1, 0.15) is 38.9 Å². The summed E-state index contributed by atoms with van der Waals surface area (Å²) in [5.41, 5.74) is 4.55. The largest absolute Gasteiger partial charge is 0.417 e. The second kappa shape index (κ2) is 7.52. The molecule has 0 radical (unpaired) electrons. The van der Waals surface area contributed by atoms with Crippen LogP contribution in [0.2, 0.25) is 0 Å². The molecule has 31 heavy (non-hydrogen) atoms. The van der Waals surface area contributed by atoms with Crippen molar-refractivity contribution in [1.82, 2.24) is 14.9 Å². The predicted octanol–water partition coefficient (Wildman–Crippen LogP) is 4.09. The van der Waals surface area contributed by atoms with Crippen molar-refractivity contribution in [2.45, 2.75) is 19.0 Å². The van der Waals surface area contributed by atoms with Gasteiger partial charge in [-0.25, -0.2) is 9.78 Å². The summed E-state index contributed by atoms with van der Waals surface area (Å²) < 4.78 is 5.95. The topological polar surface area (TPSA) is 103 Å². The third-order valence-electron chi connectivity index (χ3n) is 5.45. The van der Waals surface area contributed by atoms with Gasteiger partial charge >= 0.3 is 5.76 Å². The molecular formula is C23H15BrN4O3. The fraction of sp³-hybridized carbons (Fsp3) is 0.130. The minimum atomic E-state index is -0.511. The van der Waals surface area contributed by atoms with Gasteiger partial charge in [-0.3, -0.25) is 9.78 Å². The maximum absolute atomic E-state index is 13.2. The van der Waals surface area contributed by atoms with Crippen LogP contribution in [0.15, 0.2) is 68.3 Å². The minimum absolute atomic E-state index is 0.0659. The number of halogens is 1. The first kappa shape index (κ1) is 19.3. The number of aromatic nitrogens is 2. The number of oxazole rings is 1. The number of benzene rings is 2. The first-order valence-electron chi connectivity index (χ1n) is 9.60. The lowest BCUT2D eigenvalue weighted by Crippen LogP contribution is -2.29. The first-order valence-corrected chi connectivity index (χ1v) is 10.4. The van der Waals surface area contributed by atoms with Crippen molar-refractivity contribution in [3.8, 4) is 6.07 Å². The average molecular weight is 475 g/mol. The number of H-pyrrole nitrogens is 1. The molecule has 1 N–H and O–H groups in total. The standard InChI is InChI=1S/C23H15BrN4O3/c24-17-7-6-14(11-25)26-19(17)10-20-15-3-1-2-4-16(15)22(29)28(20)12-13-5-8-18-21(9-13)31-23(30)27-18/h1-9,20H,10,12H2,(H,27,30). The molecule has 1 atom stereocenters. The Morgan fingerprint density at radius 3 is 2.84 bits per heavy atom. The highest BCUT2D eigenvalue weighted by atomic mass is 79.9. The van der Waals surface area contributed by atoms with E-state index >= 15 is 0 Å². The highest BCUT2D eigenvalue weighted by Gasteiger charge is 2.37. The molecule has 3 heterocycles. The van der Waals surface area contributed by atoms with E-state index in [9.17, 15) is 14.9 Å². The van der Waals surface area contributed by atoms with Crippen molar-refractivity contribution >= 4 is 32.9 Å². The van der Waals surface area contributed by atoms with Gasteiger partial charge in [-0.1, -0.05) is 24.3 Å². The molecule has 1 amide bonds. The Morgan fingerprint density at radius 2 is 2.00 bits per heavy atom. The van der Waals surface area contributed by atoms with Crippen LogP contribution in [0, 0.1) is 11.3 Å². The highest BCUT2D eigenvalue weighted by Crippen LogP contribution is 2.38. The Kier molecular flexibility index (Phi) is 4.68. The van der Waals surface area contributed by atoms with Crippen LogP contribution in [0.5, 0.6) is 0 Å². The number of aromatic amines is 1. The zero-order valence-electron chi connectivity index (χ0n) is 16.1. The molecule has 2 aromatic heterocycles. The summed E-state index contributed by atoms with van der Waals surface area (Å²) in [6, 6.07) is 18.2. The molecule has 5 rings (SSSR count). The molecule has 0 bridgehead atoms. The van der Waals surface area contributed by atoms with E-state index in [-0.39, 0.29) is 11.9 Å². The van der Waals surface area contributed by atoms with Crippen LogP contribution in [-0.2, 0) is 13.0 Å². The summed E-state index contributed by atoms with van der Waals surface area (Å²) in [6.45, 7) is 0.346. The molecule has 1 aliphatic heterocycles. The fourth-order valence-electron chi connectivity index (χ4n) is 4.01. The lowest BCUT2D eigenvalue weighted by molar-refractivity contribution is 0.0708. The van der Waals surface area contributed by atoms with Crippen molar-refractivity contribution in [2.75, 3.05) is 0 Å². The molecule has 0 saturated carbocycles. The molecule has 152 valence electrons. The molecule has 0 spiro atoms. The number of amides is 1. The van der Waals surface area contributed by atoms with Crippen LogP contribution in [0.25, 0.3) is 11.1 Å². The van der Waals surface area contributed by atoms with Crippen LogP contribution in [-0.4, -0.2) is 20.8 Å². The average Bonchev–Trinajstić information content (AvgIpc) is 3.27. The Morgan fingerprint density at radius 1 is 1.16 bits per heavy atom. The lowest BCUT2D eigenvalue weighted by Gasteiger charge is -2.26. The summed E-state index contributed by atoms with van der Waals surface area (Å²) in [5, 5.41) is 9.22. The highest BCUT2D eigenvalue weighted by molar-refractivity contribution is 9.10. The van der Waals surface area contributed by atoms with E-state index in [2.05, 4.69) is 32.0 Å². The molecule has 1 unspecified atom stereocenters. The van der Waals surface area contributed by atoms with Gasteiger partial charge in [-0.2, -0.15) is 5.26 Å². The van der Waals surface area contributed by atoms with E-state index in [4.69, 9.17) is 4.42 Å². The van der Waals surface area contributed by atoms with E-state index in [1.54, 1.807) is 29.2 Å². The Hall–Kier alpha value is -3.70. The first-order chi connectivity index (χ1) is 15.0. The lowest BCUT2D eigenvalue weighted by atomic mass is 10.00. The Labute approximate surface area is 185 Å². The number of hydrogen-bond acceptors (Lipinski definition) is 5. The number of carbonyl (C=O) groups excluding carboxylic acids is 1. The van der Waals surface area contributed by atoms with Crippen molar-refractivity contribution in [2.24, 2.45) is 0 Å². The van der Waals surface area contributed by atoms with Crippen molar-refractivity contribution in [1.29, 1.82) is 5.26 Å². The molecular weight excluding hydrogens is 460 g/mol. The van der Waals surface area contributed by atoms with E-state index in [1.807, 2.05) is 30.3 Å². The second-order valence-corrected chi connectivity index (χ2v) is 8.18. The fourth-order valence-corrected chi connectivity index (χ4v) is 4.39. The summed E-state index contributed by atoms with van der Waals surface area (Å²) in [5.74, 6) is -0.577. The monoisotopic (exact) mass is 474 g/mol. The van der Waals surface area contributed by atoms with Gasteiger partial charge in [0.1, 0.15) is 11.8 Å². The van der Waals surface area contributed by atoms with Crippen LogP contribution in [0.3, 0.4) is 0 Å². The van der Waals surface area contributed by atoms with Gasteiger partial charge < -0.3 is 9.32 Å². The van der Waals surface area contributed by atoms with Crippen molar-refractivity contribution in [3.63, 3.8) is 0 Å². The van der Waals surface area contributed by atoms with E-state index in [0.717, 1.165) is 15.6 Å². The number of carbonyl (C=O) groups is 1. The van der Waals surface area contributed by atoms with Gasteiger partial charge in [-0.15, -0.1) is 0 Å². The van der Waals surface area contributed by atoms with Gasteiger partial charge in [0.15, 0.2) is 5.58 Å². The van der Waals surface area contributed by atoms with Crippen LogP contribution < -0.4 is 5.76 Å². The van der Waals surface area contributed by atoms with Crippen LogP contribution >= 0.6 is 15.9 Å². The Bertz CT molecular complexity index is 1430. The van der Waals surface area contributed by atoms with E-state index in [1.165, 1.54) is 0 Å². The number of nitrogens with zero attached hydrogens (tertiary/aromatic N) is 3. The van der Waals surface area contributed by atoms with Gasteiger partial charge in [0.05, 0.1) is 17.3 Å². The normalized spacial score (nSPS) is 15.3. The quantitative estimate of drug-likeness (QED) is 0.479. The summed E-state index contributed by atoms with van der Waals surface area (Å²) in [4.78, 5) is 33.6. The molecule has 7 nitrogen and oxygen atoms in total. The molecule has 0 aliphatic carbocycles. The second-order valence-electron chi connectivity index (χ2n) is 7.32. The van der Waals surface area contributed by atoms with Crippen molar-refractivity contribution < 1.29 is 9.21 Å². The number of fused-ring (bicyclic) bond motifs is 2. The third kappa shape index (κ3) is 3.43. The molecule has 1 aliphatic rings. The van der Waals surface area contributed by atoms with Gasteiger partial charge in [0, 0.05) is 23.0 Å². The SMILES string of the molecule is N#Cc1ccc(Br)c(CC2c3ccccc3C(=O)N2Cc2ccc3[nH]c(=O)oc3c2)n1. The summed E-state index contributed by atoms with van der Waals surface area (Å²) in [7, 11) is 0. The number of nitriles is 1. The maximum Gasteiger partial charge on any atom is 0.417 e. The molecule has 4 aromatic rings. The van der Waals surface area contributed by atoms with E-state index < -0.39 is 5.76 Å². The number of rotatable bonds is 4. The summed E-state index contributed by atoms with van der Waals surface area (Å²) >= 11 is 3.52. The molecule has 2 aromatic carbocycles. The molecule has 8 heteroatoms. The number of pyridine rings is 1. The number of nitrogens with one attached hydrogen (secondary N) is 1. The van der Waals surface area contributed by atoms with Gasteiger partial charge in [-0.05, 0) is 57.4 Å². The summed E-state index contributed by atoms with van der Waals surface area (Å²) in [6.07, 6.45) is 0.459.